The summed E-state index contributed by atoms with van der Waals surface area (Å²) in [6, 6.07) is 20.1. The molecule has 3 nitrogen and oxygen atoms in total. The Balaban J connectivity index is 2.40. The number of hydrogen-bond donors (Lipinski definition) is 0. The van der Waals surface area contributed by atoms with Crippen molar-refractivity contribution in [2.75, 3.05) is 6.16 Å². The molecule has 0 aromatic heterocycles. The average Bonchev–Trinajstić information content (AvgIpc) is 2.90. The lowest BCUT2D eigenvalue weighted by molar-refractivity contribution is 0.340. The molecule has 0 unspecified atom stereocenters. The molecule has 0 bridgehead atoms. The monoisotopic (exact) mass is 690 g/mol. The summed E-state index contributed by atoms with van der Waals surface area (Å²) in [5, 5.41) is 0. The van der Waals surface area contributed by atoms with Crippen LogP contribution in [0.2, 0.25) is 0 Å². The molecule has 3 aromatic carbocycles. The van der Waals surface area contributed by atoms with E-state index in [1.165, 1.54) is 16.7 Å². The maximum absolute atomic E-state index is 7.37. The van der Waals surface area contributed by atoms with Crippen molar-refractivity contribution in [1.82, 2.24) is 0 Å². The van der Waals surface area contributed by atoms with Crippen molar-refractivity contribution in [3.63, 3.8) is 0 Å². The zero-order valence-electron chi connectivity index (χ0n) is 34.8. The van der Waals surface area contributed by atoms with E-state index in [-0.39, 0.29) is 32.5 Å². The summed E-state index contributed by atoms with van der Waals surface area (Å²) in [5.74, 6) is 2.48. The molecule has 0 fully saturated rings. The summed E-state index contributed by atoms with van der Waals surface area (Å²) in [5.41, 5.74) is 6.87. The number of benzene rings is 3. The molecule has 0 aliphatic carbocycles. The molecular weight excluding hydrogens is 619 g/mol. The van der Waals surface area contributed by atoms with Gasteiger partial charge in [0.2, 0.25) is 0 Å². The van der Waals surface area contributed by atoms with Crippen molar-refractivity contribution in [1.29, 1.82) is 0 Å². The maximum atomic E-state index is 7.37. The molecule has 0 saturated carbocycles. The second-order valence-corrected chi connectivity index (χ2v) is 22.5. The van der Waals surface area contributed by atoms with Crippen LogP contribution in [0.1, 0.15) is 171 Å². The van der Waals surface area contributed by atoms with Crippen LogP contribution in [0.4, 0.5) is 0 Å². The molecule has 3 aromatic rings. The Morgan fingerprint density at radius 1 is 0.388 bits per heavy atom. The van der Waals surface area contributed by atoms with E-state index in [2.05, 4.69) is 186 Å². The van der Waals surface area contributed by atoms with E-state index in [1.54, 1.807) is 0 Å². The first-order valence-electron chi connectivity index (χ1n) is 18.4. The first-order valence-corrected chi connectivity index (χ1v) is 20.1. The van der Waals surface area contributed by atoms with Crippen LogP contribution >= 0.6 is 7.94 Å². The third-order valence-corrected chi connectivity index (χ3v) is 11.6. The lowest BCUT2D eigenvalue weighted by atomic mass is 9.80. The predicted molar refractivity (Wildman–Crippen MR) is 215 cm³/mol. The quantitative estimate of drug-likeness (QED) is 0.220. The molecule has 0 atom stereocenters. The van der Waals surface area contributed by atoms with Crippen LogP contribution < -0.4 is 13.6 Å². The molecule has 0 N–H and O–H groups in total. The van der Waals surface area contributed by atoms with Crippen molar-refractivity contribution in [2.45, 2.75) is 170 Å². The molecule has 0 radical (unpaired) electrons. The fraction of sp³-hybridized carbons (Fsp3) is 0.600. The highest BCUT2D eigenvalue weighted by Gasteiger charge is 2.52. The maximum Gasteiger partial charge on any atom is 0.541 e. The minimum atomic E-state index is -3.12. The Morgan fingerprint density at radius 3 is 0.816 bits per heavy atom. The molecule has 3 rings (SSSR count). The third kappa shape index (κ3) is 10.3. The topological polar surface area (TPSA) is 27.7 Å². The zero-order valence-corrected chi connectivity index (χ0v) is 35.7. The molecule has 0 heterocycles. The van der Waals surface area contributed by atoms with E-state index in [1.807, 2.05) is 0 Å². The Labute approximate surface area is 302 Å². The lowest BCUT2D eigenvalue weighted by Gasteiger charge is -2.32. The first-order chi connectivity index (χ1) is 22.0. The average molecular weight is 690 g/mol. The van der Waals surface area contributed by atoms with E-state index in [0.29, 0.717) is 6.16 Å². The fourth-order valence-corrected chi connectivity index (χ4v) is 8.21. The smallest absolute Gasteiger partial charge is 0.271 e. The SMILES string of the molecule is CCC[P+](Oc1ccc(C(C)(C)C)cc1C(C)(C)C)(Oc1ccc(C(C)(C)C)cc1C(C)(C)C)Oc1ccc(C(C)(C)C)cc1C(C)(C)C. The van der Waals surface area contributed by atoms with E-state index >= 15 is 0 Å². The molecule has 49 heavy (non-hydrogen) atoms. The van der Waals surface area contributed by atoms with Crippen LogP contribution in [0.25, 0.3) is 0 Å². The van der Waals surface area contributed by atoms with Gasteiger partial charge in [0.15, 0.2) is 23.4 Å². The highest BCUT2D eigenvalue weighted by Crippen LogP contribution is 2.63. The summed E-state index contributed by atoms with van der Waals surface area (Å²) in [4.78, 5) is 0. The summed E-state index contributed by atoms with van der Waals surface area (Å²) in [6.07, 6.45) is 1.47. The molecule has 4 heteroatoms. The van der Waals surface area contributed by atoms with Crippen molar-refractivity contribution >= 4 is 7.94 Å². The molecule has 0 aliphatic rings. The van der Waals surface area contributed by atoms with Gasteiger partial charge < -0.3 is 0 Å². The third-order valence-electron chi connectivity index (χ3n) is 9.17. The van der Waals surface area contributed by atoms with Crippen molar-refractivity contribution in [3.8, 4) is 17.2 Å². The van der Waals surface area contributed by atoms with Crippen LogP contribution in [0, 0.1) is 0 Å². The Morgan fingerprint density at radius 2 is 0.633 bits per heavy atom. The fourth-order valence-electron chi connectivity index (χ4n) is 5.90. The second-order valence-electron chi connectivity index (χ2n) is 20.2. The summed E-state index contributed by atoms with van der Waals surface area (Å²) in [6.45, 7) is 42.9. The van der Waals surface area contributed by atoms with E-state index < -0.39 is 7.94 Å². The van der Waals surface area contributed by atoms with Gasteiger partial charge in [-0.3, -0.25) is 13.6 Å². The van der Waals surface area contributed by atoms with Crippen LogP contribution in [0.15, 0.2) is 54.6 Å². The minimum absolute atomic E-state index is 0.00794. The van der Waals surface area contributed by atoms with Gasteiger partial charge in [-0.1, -0.05) is 168 Å². The van der Waals surface area contributed by atoms with Crippen molar-refractivity contribution < 1.29 is 13.6 Å². The van der Waals surface area contributed by atoms with Crippen LogP contribution in [-0.4, -0.2) is 6.16 Å². The van der Waals surface area contributed by atoms with Gasteiger partial charge in [-0.25, -0.2) is 0 Å². The standard InChI is InChI=1S/C45H70O3P/c1-20-27-49(46-37-24-21-31(40(2,3)4)28-34(37)43(11,12)13,47-38-25-22-32(41(5,6)7)29-35(38)44(14,15)16)48-39-26-23-33(42(8,9)10)30-36(39)45(17,18)19/h21-26,28-30H,20,27H2,1-19H3/q+1. The van der Waals surface area contributed by atoms with Crippen LogP contribution in [0.5, 0.6) is 17.2 Å². The first kappa shape index (κ1) is 40.9. The highest BCUT2D eigenvalue weighted by molar-refractivity contribution is 7.62. The van der Waals surface area contributed by atoms with E-state index in [9.17, 15) is 0 Å². The van der Waals surface area contributed by atoms with Gasteiger partial charge >= 0.3 is 7.94 Å². The Hall–Kier alpha value is -2.51. The molecule has 0 amide bonds. The van der Waals surface area contributed by atoms with Crippen LogP contribution in [0.3, 0.4) is 0 Å². The normalized spacial score (nSPS) is 13.8. The van der Waals surface area contributed by atoms with Crippen LogP contribution in [-0.2, 0) is 32.5 Å². The van der Waals surface area contributed by atoms with Gasteiger partial charge in [0.25, 0.3) is 0 Å². The largest absolute Gasteiger partial charge is 0.541 e. The van der Waals surface area contributed by atoms with E-state index in [4.69, 9.17) is 13.6 Å². The summed E-state index contributed by atoms with van der Waals surface area (Å²) in [7, 11) is -3.12. The molecule has 0 saturated heterocycles. The summed E-state index contributed by atoms with van der Waals surface area (Å²) >= 11 is 0. The highest BCUT2D eigenvalue weighted by atomic mass is 31.2. The van der Waals surface area contributed by atoms with E-state index in [0.717, 1.165) is 40.4 Å². The van der Waals surface area contributed by atoms with Gasteiger partial charge in [0.05, 0.1) is 0 Å². The number of rotatable bonds is 8. The molecule has 0 aliphatic heterocycles. The zero-order chi connectivity index (χ0) is 37.6. The van der Waals surface area contributed by atoms with Crippen molar-refractivity contribution in [3.05, 3.63) is 88.0 Å². The summed E-state index contributed by atoms with van der Waals surface area (Å²) < 4.78 is 22.1. The Bertz CT molecular complexity index is 1400. The minimum Gasteiger partial charge on any atom is -0.271 e. The van der Waals surface area contributed by atoms with Gasteiger partial charge in [0, 0.05) is 16.7 Å². The lowest BCUT2D eigenvalue weighted by Crippen LogP contribution is -2.25. The van der Waals surface area contributed by atoms with Gasteiger partial charge in [-0.05, 0) is 73.8 Å². The van der Waals surface area contributed by atoms with Crippen molar-refractivity contribution in [2.24, 2.45) is 0 Å². The van der Waals surface area contributed by atoms with Gasteiger partial charge in [-0.2, -0.15) is 0 Å². The second kappa shape index (κ2) is 13.9. The Kier molecular flexibility index (Phi) is 11.6. The number of hydrogen-bond acceptors (Lipinski definition) is 3. The van der Waals surface area contributed by atoms with Gasteiger partial charge in [-0.15, -0.1) is 0 Å². The van der Waals surface area contributed by atoms with Gasteiger partial charge in [0.1, 0.15) is 0 Å². The predicted octanol–water partition coefficient (Wildman–Crippen LogP) is 14.2. The molecular formula is C45H70O3P+. The molecule has 272 valence electrons. The molecule has 0 spiro atoms.